The number of rotatable bonds is 4. The maximum absolute atomic E-state index is 13.7. The number of carbonyl (C=O) groups is 1. The molecule has 8 heteroatoms. The third-order valence-electron chi connectivity index (χ3n) is 5.28. The topological polar surface area (TPSA) is 69.6 Å². The first-order valence-corrected chi connectivity index (χ1v) is 9.52. The van der Waals surface area contributed by atoms with Gasteiger partial charge in [-0.2, -0.15) is 0 Å². The Kier molecular flexibility index (Phi) is 8.72. The number of nitrogens with one attached hydrogen (secondary N) is 2. The zero-order valence-electron chi connectivity index (χ0n) is 15.8. The lowest BCUT2D eigenvalue weighted by Gasteiger charge is -2.26. The molecule has 2 fully saturated rings. The van der Waals surface area contributed by atoms with E-state index in [1.54, 1.807) is 19.3 Å². The summed E-state index contributed by atoms with van der Waals surface area (Å²) in [5.41, 5.74) is 0.357. The average Bonchev–Trinajstić information content (AvgIpc) is 3.15. The van der Waals surface area contributed by atoms with E-state index in [1.165, 1.54) is 25.3 Å². The first-order valence-electron chi connectivity index (χ1n) is 9.52. The Labute approximate surface area is 177 Å². The molecule has 27 heavy (non-hydrogen) atoms. The summed E-state index contributed by atoms with van der Waals surface area (Å²) in [7, 11) is 1.68. The number of carbonyl (C=O) groups excluding carboxylic acids is 1. The van der Waals surface area contributed by atoms with Crippen molar-refractivity contribution in [3.63, 3.8) is 0 Å². The van der Waals surface area contributed by atoms with Gasteiger partial charge in [-0.15, -0.1) is 24.0 Å². The minimum Gasteiger partial charge on any atom is -0.352 e. The van der Waals surface area contributed by atoms with Crippen molar-refractivity contribution in [2.24, 2.45) is 10.9 Å². The number of hydrogen-bond donors (Lipinski definition) is 2. The van der Waals surface area contributed by atoms with Crippen LogP contribution in [-0.2, 0) is 11.3 Å². The Balaban J connectivity index is 0.00000261. The van der Waals surface area contributed by atoms with Gasteiger partial charge in [-0.3, -0.25) is 14.8 Å². The van der Waals surface area contributed by atoms with Crippen LogP contribution in [0.3, 0.4) is 0 Å². The molecule has 2 heterocycles. The van der Waals surface area contributed by atoms with Gasteiger partial charge in [0, 0.05) is 38.3 Å². The van der Waals surface area contributed by atoms with Gasteiger partial charge >= 0.3 is 0 Å². The van der Waals surface area contributed by atoms with Crippen molar-refractivity contribution < 1.29 is 9.18 Å². The molecule has 0 spiro atoms. The fourth-order valence-electron chi connectivity index (χ4n) is 3.79. The van der Waals surface area contributed by atoms with Crippen LogP contribution in [0, 0.1) is 11.7 Å². The Hall–Kier alpha value is -1.45. The highest BCUT2D eigenvalue weighted by molar-refractivity contribution is 14.0. The van der Waals surface area contributed by atoms with Gasteiger partial charge in [0.25, 0.3) is 0 Å². The molecule has 1 saturated carbocycles. The van der Waals surface area contributed by atoms with Crippen LogP contribution in [-0.4, -0.2) is 47.9 Å². The molecule has 1 aromatic heterocycles. The predicted molar refractivity (Wildman–Crippen MR) is 115 cm³/mol. The normalized spacial score (nSPS) is 20.9. The van der Waals surface area contributed by atoms with Crippen molar-refractivity contribution in [3.05, 3.63) is 29.8 Å². The summed E-state index contributed by atoms with van der Waals surface area (Å²) in [6.45, 7) is 1.76. The Morgan fingerprint density at radius 2 is 2.11 bits per heavy atom. The summed E-state index contributed by atoms with van der Waals surface area (Å²) in [4.78, 5) is 22.9. The summed E-state index contributed by atoms with van der Waals surface area (Å²) in [6.07, 6.45) is 8.14. The molecule has 150 valence electrons. The molecule has 2 N–H and O–H groups in total. The average molecular weight is 489 g/mol. The van der Waals surface area contributed by atoms with Crippen LogP contribution in [0.2, 0.25) is 0 Å². The van der Waals surface area contributed by atoms with Crippen molar-refractivity contribution >= 4 is 35.8 Å². The van der Waals surface area contributed by atoms with Gasteiger partial charge in [0.05, 0.1) is 12.2 Å². The Bertz CT molecular complexity index is 651. The van der Waals surface area contributed by atoms with Crippen molar-refractivity contribution in [2.45, 2.75) is 51.1 Å². The second-order valence-electron chi connectivity index (χ2n) is 7.11. The molecule has 0 bridgehead atoms. The van der Waals surface area contributed by atoms with Crippen LogP contribution in [0.25, 0.3) is 0 Å². The molecule has 1 aliphatic carbocycles. The van der Waals surface area contributed by atoms with E-state index >= 15 is 0 Å². The monoisotopic (exact) mass is 489 g/mol. The highest BCUT2D eigenvalue weighted by Crippen LogP contribution is 2.26. The predicted octanol–water partition coefficient (Wildman–Crippen LogP) is 2.68. The minimum absolute atomic E-state index is 0. The van der Waals surface area contributed by atoms with Gasteiger partial charge in [0.1, 0.15) is 5.82 Å². The Morgan fingerprint density at radius 3 is 2.81 bits per heavy atom. The van der Waals surface area contributed by atoms with Crippen molar-refractivity contribution in [1.82, 2.24) is 20.5 Å². The molecular formula is C19H29FIN5O. The van der Waals surface area contributed by atoms with E-state index in [4.69, 9.17) is 0 Å². The minimum atomic E-state index is -0.333. The largest absolute Gasteiger partial charge is 0.352 e. The number of nitrogens with zero attached hydrogens (tertiary/aromatic N) is 3. The number of likely N-dealkylation sites (tertiary alicyclic amines) is 1. The van der Waals surface area contributed by atoms with E-state index in [-0.39, 0.29) is 48.3 Å². The highest BCUT2D eigenvalue weighted by Gasteiger charge is 2.31. The molecule has 1 atom stereocenters. The van der Waals surface area contributed by atoms with Gasteiger partial charge in [0.15, 0.2) is 5.96 Å². The quantitative estimate of drug-likeness (QED) is 0.388. The van der Waals surface area contributed by atoms with Gasteiger partial charge in [-0.25, -0.2) is 4.39 Å². The van der Waals surface area contributed by atoms with Crippen molar-refractivity contribution in [2.75, 3.05) is 20.1 Å². The van der Waals surface area contributed by atoms with Crippen molar-refractivity contribution in [1.29, 1.82) is 0 Å². The lowest BCUT2D eigenvalue weighted by atomic mass is 9.88. The lowest BCUT2D eigenvalue weighted by Crippen LogP contribution is -2.45. The first kappa shape index (κ1) is 21.8. The fraction of sp³-hybridized carbons (Fsp3) is 0.632. The van der Waals surface area contributed by atoms with Crippen LogP contribution < -0.4 is 10.6 Å². The third kappa shape index (κ3) is 6.02. The lowest BCUT2D eigenvalue weighted by molar-refractivity contribution is -0.135. The number of guanidine groups is 1. The maximum atomic E-state index is 13.7. The number of aliphatic imine (C=N–C) groups is 1. The number of pyridine rings is 1. The molecule has 1 unspecified atom stereocenters. The van der Waals surface area contributed by atoms with E-state index in [9.17, 15) is 9.18 Å². The number of amides is 1. The summed E-state index contributed by atoms with van der Waals surface area (Å²) < 4.78 is 13.7. The second-order valence-corrected chi connectivity index (χ2v) is 7.11. The summed E-state index contributed by atoms with van der Waals surface area (Å²) >= 11 is 0. The van der Waals surface area contributed by atoms with Crippen molar-refractivity contribution in [3.8, 4) is 0 Å². The highest BCUT2D eigenvalue weighted by atomic mass is 127. The molecule has 1 aromatic rings. The molecule has 1 amide bonds. The first-order chi connectivity index (χ1) is 12.7. The molecule has 1 aliphatic heterocycles. The van der Waals surface area contributed by atoms with E-state index in [0.29, 0.717) is 24.1 Å². The third-order valence-corrected chi connectivity index (χ3v) is 5.28. The smallest absolute Gasteiger partial charge is 0.225 e. The standard InChI is InChI=1S/C19H28FN5O.HI/c1-21-19(23-12-17-16(20)8-5-10-22-17)24-15-9-11-25(13-15)18(26)14-6-3-2-4-7-14;/h5,8,10,14-15H,2-4,6-7,9,11-13H2,1H3,(H2,21,23,24);1H. The van der Waals surface area contributed by atoms with Gasteiger partial charge in [-0.1, -0.05) is 19.3 Å². The molecular weight excluding hydrogens is 460 g/mol. The summed E-state index contributed by atoms with van der Waals surface area (Å²) in [5.74, 6) is 0.798. The number of hydrogen-bond acceptors (Lipinski definition) is 3. The van der Waals surface area contributed by atoms with Gasteiger partial charge in [-0.05, 0) is 31.4 Å². The van der Waals surface area contributed by atoms with E-state index in [2.05, 4.69) is 20.6 Å². The number of halogens is 2. The molecule has 0 aromatic carbocycles. The molecule has 6 nitrogen and oxygen atoms in total. The summed E-state index contributed by atoms with van der Waals surface area (Å²) in [5, 5.41) is 6.43. The summed E-state index contributed by atoms with van der Waals surface area (Å²) in [6, 6.07) is 3.14. The van der Waals surface area contributed by atoms with Crippen LogP contribution >= 0.6 is 24.0 Å². The SMILES string of the molecule is CN=C(NCc1ncccc1F)NC1CCN(C(=O)C2CCCCC2)C1.I. The molecule has 2 aliphatic rings. The second kappa shape index (κ2) is 10.8. The molecule has 1 saturated heterocycles. The number of aromatic nitrogens is 1. The fourth-order valence-corrected chi connectivity index (χ4v) is 3.79. The van der Waals surface area contributed by atoms with Crippen LogP contribution in [0.15, 0.2) is 23.3 Å². The molecule has 0 radical (unpaired) electrons. The zero-order chi connectivity index (χ0) is 18.4. The van der Waals surface area contributed by atoms with E-state index in [1.807, 2.05) is 4.90 Å². The Morgan fingerprint density at radius 1 is 1.33 bits per heavy atom. The van der Waals surface area contributed by atoms with Gasteiger partial charge in [0.2, 0.25) is 5.91 Å². The van der Waals surface area contributed by atoms with Crippen LogP contribution in [0.1, 0.15) is 44.2 Å². The van der Waals surface area contributed by atoms with E-state index < -0.39 is 0 Å². The zero-order valence-corrected chi connectivity index (χ0v) is 18.1. The maximum Gasteiger partial charge on any atom is 0.225 e. The van der Waals surface area contributed by atoms with E-state index in [0.717, 1.165) is 25.8 Å². The molecule has 3 rings (SSSR count). The van der Waals surface area contributed by atoms with Crippen LogP contribution in [0.4, 0.5) is 4.39 Å². The van der Waals surface area contributed by atoms with Gasteiger partial charge < -0.3 is 15.5 Å². The van der Waals surface area contributed by atoms with Crippen LogP contribution in [0.5, 0.6) is 0 Å².